The van der Waals surface area contributed by atoms with Gasteiger partial charge in [0.25, 0.3) is 0 Å². The van der Waals surface area contributed by atoms with Crippen LogP contribution in [-0.2, 0) is 6.54 Å². The van der Waals surface area contributed by atoms with Gasteiger partial charge in [-0.25, -0.2) is 0 Å². The minimum absolute atomic E-state index is 0.285. The summed E-state index contributed by atoms with van der Waals surface area (Å²) in [5, 5.41) is 18.5. The van der Waals surface area contributed by atoms with E-state index in [1.165, 1.54) is 0 Å². The molecule has 0 saturated carbocycles. The van der Waals surface area contributed by atoms with Crippen LogP contribution < -0.4 is 5.32 Å². The van der Waals surface area contributed by atoms with Crippen molar-refractivity contribution in [2.75, 3.05) is 0 Å². The molecule has 13 heavy (non-hydrogen) atoms. The van der Waals surface area contributed by atoms with Crippen molar-refractivity contribution in [1.82, 2.24) is 15.5 Å². The van der Waals surface area contributed by atoms with Crippen LogP contribution in [-0.4, -0.2) is 16.2 Å². The highest BCUT2D eigenvalue weighted by Crippen LogP contribution is 1.98. The molecular formula is C9H14N4. The Morgan fingerprint density at radius 1 is 1.77 bits per heavy atom. The molecule has 0 saturated heterocycles. The van der Waals surface area contributed by atoms with Crippen molar-refractivity contribution < 1.29 is 0 Å². The van der Waals surface area contributed by atoms with Crippen LogP contribution in [0.2, 0.25) is 0 Å². The molecule has 1 aromatic rings. The standard InChI is InChI=1S/C9H14N4/c1-2-8(3-5-10)11-7-9-4-6-12-13-9/h4,6,8,11H,2-3,7H2,1H3,(H,12,13). The lowest BCUT2D eigenvalue weighted by molar-refractivity contribution is 0.500. The summed E-state index contributed by atoms with van der Waals surface area (Å²) in [6.07, 6.45) is 3.26. The van der Waals surface area contributed by atoms with Crippen molar-refractivity contribution in [1.29, 1.82) is 5.26 Å². The molecule has 2 N–H and O–H groups in total. The molecule has 4 nitrogen and oxygen atoms in total. The molecule has 1 unspecified atom stereocenters. The Hall–Kier alpha value is -1.34. The molecule has 1 heterocycles. The van der Waals surface area contributed by atoms with Gasteiger partial charge >= 0.3 is 0 Å². The summed E-state index contributed by atoms with van der Waals surface area (Å²) in [6, 6.07) is 4.37. The van der Waals surface area contributed by atoms with Crippen molar-refractivity contribution >= 4 is 0 Å². The summed E-state index contributed by atoms with van der Waals surface area (Å²) in [6.45, 7) is 2.82. The van der Waals surface area contributed by atoms with Gasteiger partial charge in [0, 0.05) is 24.5 Å². The van der Waals surface area contributed by atoms with E-state index in [-0.39, 0.29) is 6.04 Å². The van der Waals surface area contributed by atoms with Crippen molar-refractivity contribution in [2.24, 2.45) is 0 Å². The smallest absolute Gasteiger partial charge is 0.0638 e. The first-order valence-corrected chi connectivity index (χ1v) is 4.45. The molecule has 0 bridgehead atoms. The Bertz CT molecular complexity index is 260. The highest BCUT2D eigenvalue weighted by molar-refractivity contribution is 4.97. The average Bonchev–Trinajstić information content (AvgIpc) is 2.64. The fraction of sp³-hybridized carbons (Fsp3) is 0.556. The Kier molecular flexibility index (Phi) is 4.00. The molecule has 0 aliphatic rings. The van der Waals surface area contributed by atoms with Gasteiger partial charge in [-0.2, -0.15) is 10.4 Å². The molecule has 1 rings (SSSR count). The van der Waals surface area contributed by atoms with E-state index in [1.807, 2.05) is 6.07 Å². The maximum absolute atomic E-state index is 8.51. The zero-order valence-electron chi connectivity index (χ0n) is 7.75. The van der Waals surface area contributed by atoms with E-state index < -0.39 is 0 Å². The first-order chi connectivity index (χ1) is 6.36. The van der Waals surface area contributed by atoms with Crippen molar-refractivity contribution in [3.8, 4) is 6.07 Å². The third kappa shape index (κ3) is 3.26. The molecule has 0 spiro atoms. The SMILES string of the molecule is CCC(CC#N)NCc1ccn[nH]1. The third-order valence-corrected chi connectivity index (χ3v) is 1.97. The summed E-state index contributed by atoms with van der Waals surface area (Å²) in [5.41, 5.74) is 1.05. The van der Waals surface area contributed by atoms with Crippen LogP contribution >= 0.6 is 0 Å². The van der Waals surface area contributed by atoms with Gasteiger partial charge in [0.05, 0.1) is 12.5 Å². The second-order valence-corrected chi connectivity index (χ2v) is 2.93. The van der Waals surface area contributed by atoms with E-state index >= 15 is 0 Å². The number of aromatic amines is 1. The lowest BCUT2D eigenvalue weighted by Gasteiger charge is -2.11. The summed E-state index contributed by atoms with van der Waals surface area (Å²) in [5.74, 6) is 0. The summed E-state index contributed by atoms with van der Waals surface area (Å²) < 4.78 is 0. The van der Waals surface area contributed by atoms with Gasteiger partial charge in [-0.15, -0.1) is 0 Å². The monoisotopic (exact) mass is 178 g/mol. The molecule has 0 fully saturated rings. The van der Waals surface area contributed by atoms with Gasteiger partial charge in [0.2, 0.25) is 0 Å². The van der Waals surface area contributed by atoms with Crippen LogP contribution in [0.15, 0.2) is 12.3 Å². The van der Waals surface area contributed by atoms with Crippen LogP contribution in [0.4, 0.5) is 0 Å². The van der Waals surface area contributed by atoms with Gasteiger partial charge in [0.1, 0.15) is 0 Å². The number of nitrogens with one attached hydrogen (secondary N) is 2. The van der Waals surface area contributed by atoms with Crippen LogP contribution in [0.3, 0.4) is 0 Å². The Morgan fingerprint density at radius 3 is 3.15 bits per heavy atom. The van der Waals surface area contributed by atoms with Crippen LogP contribution in [0.25, 0.3) is 0 Å². The first-order valence-electron chi connectivity index (χ1n) is 4.45. The highest BCUT2D eigenvalue weighted by atomic mass is 15.1. The maximum atomic E-state index is 8.51. The van der Waals surface area contributed by atoms with E-state index in [1.54, 1.807) is 6.20 Å². The number of H-pyrrole nitrogens is 1. The lowest BCUT2D eigenvalue weighted by atomic mass is 10.1. The average molecular weight is 178 g/mol. The molecule has 0 aliphatic carbocycles. The maximum Gasteiger partial charge on any atom is 0.0638 e. The molecule has 70 valence electrons. The second-order valence-electron chi connectivity index (χ2n) is 2.93. The molecular weight excluding hydrogens is 164 g/mol. The molecule has 0 radical (unpaired) electrons. The number of hydrogen-bond donors (Lipinski definition) is 2. The van der Waals surface area contributed by atoms with E-state index in [9.17, 15) is 0 Å². The van der Waals surface area contributed by atoms with E-state index in [4.69, 9.17) is 5.26 Å². The summed E-state index contributed by atoms with van der Waals surface area (Å²) >= 11 is 0. The second kappa shape index (κ2) is 5.33. The normalized spacial score (nSPS) is 12.3. The molecule has 0 amide bonds. The molecule has 0 aromatic carbocycles. The molecule has 4 heteroatoms. The quantitative estimate of drug-likeness (QED) is 0.711. The van der Waals surface area contributed by atoms with Crippen molar-refractivity contribution in [2.45, 2.75) is 32.4 Å². The predicted molar refractivity (Wildman–Crippen MR) is 49.7 cm³/mol. The lowest BCUT2D eigenvalue weighted by Crippen LogP contribution is -2.27. The Labute approximate surface area is 78.0 Å². The predicted octanol–water partition coefficient (Wildman–Crippen LogP) is 1.19. The van der Waals surface area contributed by atoms with Crippen LogP contribution in [0, 0.1) is 11.3 Å². The van der Waals surface area contributed by atoms with Crippen LogP contribution in [0.1, 0.15) is 25.5 Å². The van der Waals surface area contributed by atoms with Gasteiger partial charge in [-0.3, -0.25) is 5.10 Å². The fourth-order valence-corrected chi connectivity index (χ4v) is 1.11. The zero-order valence-corrected chi connectivity index (χ0v) is 7.75. The Balaban J connectivity index is 2.28. The molecule has 1 atom stereocenters. The van der Waals surface area contributed by atoms with Gasteiger partial charge in [-0.05, 0) is 12.5 Å². The summed E-state index contributed by atoms with van der Waals surface area (Å²) in [7, 11) is 0. The number of rotatable bonds is 5. The topological polar surface area (TPSA) is 64.5 Å². The summed E-state index contributed by atoms with van der Waals surface area (Å²) in [4.78, 5) is 0. The third-order valence-electron chi connectivity index (χ3n) is 1.97. The highest BCUT2D eigenvalue weighted by Gasteiger charge is 2.04. The molecule has 0 aliphatic heterocycles. The van der Waals surface area contributed by atoms with Crippen LogP contribution in [0.5, 0.6) is 0 Å². The van der Waals surface area contributed by atoms with E-state index in [0.717, 1.165) is 18.7 Å². The largest absolute Gasteiger partial charge is 0.307 e. The minimum Gasteiger partial charge on any atom is -0.307 e. The number of hydrogen-bond acceptors (Lipinski definition) is 3. The first kappa shape index (κ1) is 9.75. The Morgan fingerprint density at radius 2 is 2.62 bits per heavy atom. The number of nitrogens with zero attached hydrogens (tertiary/aromatic N) is 2. The van der Waals surface area contributed by atoms with Gasteiger partial charge in [0.15, 0.2) is 0 Å². The fourth-order valence-electron chi connectivity index (χ4n) is 1.11. The zero-order chi connectivity index (χ0) is 9.52. The van der Waals surface area contributed by atoms with Gasteiger partial charge in [-0.1, -0.05) is 6.92 Å². The molecule has 1 aromatic heterocycles. The van der Waals surface area contributed by atoms with Crippen molar-refractivity contribution in [3.05, 3.63) is 18.0 Å². The van der Waals surface area contributed by atoms with E-state index in [2.05, 4.69) is 28.5 Å². The number of aromatic nitrogens is 2. The minimum atomic E-state index is 0.285. The van der Waals surface area contributed by atoms with E-state index in [0.29, 0.717) is 6.42 Å². The number of nitriles is 1. The van der Waals surface area contributed by atoms with Crippen molar-refractivity contribution in [3.63, 3.8) is 0 Å². The van der Waals surface area contributed by atoms with Gasteiger partial charge < -0.3 is 5.32 Å².